The molecule has 0 bridgehead atoms. The Balaban J connectivity index is 1.86. The van der Waals surface area contributed by atoms with Gasteiger partial charge in [0.25, 0.3) is 0 Å². The van der Waals surface area contributed by atoms with Crippen LogP contribution in [0.15, 0.2) is 12.1 Å². The lowest BCUT2D eigenvalue weighted by molar-refractivity contribution is -0.387. The second-order valence-electron chi connectivity index (χ2n) is 5.03. The third-order valence-electron chi connectivity index (χ3n) is 3.92. The molecule has 18 heavy (non-hydrogen) atoms. The Morgan fingerprint density at radius 3 is 2.61 bits per heavy atom. The van der Waals surface area contributed by atoms with E-state index < -0.39 is 22.2 Å². The summed E-state index contributed by atoms with van der Waals surface area (Å²) in [7, 11) is 0. The van der Waals surface area contributed by atoms with Crippen molar-refractivity contribution in [1.29, 1.82) is 0 Å². The summed E-state index contributed by atoms with van der Waals surface area (Å²) in [5.41, 5.74) is -0.662. The van der Waals surface area contributed by atoms with E-state index in [2.05, 4.69) is 5.32 Å². The van der Waals surface area contributed by atoms with Crippen LogP contribution >= 0.6 is 0 Å². The highest BCUT2D eigenvalue weighted by Crippen LogP contribution is 2.52. The van der Waals surface area contributed by atoms with Crippen LogP contribution in [-0.4, -0.2) is 11.0 Å². The highest BCUT2D eigenvalue weighted by molar-refractivity contribution is 5.54. The lowest BCUT2D eigenvalue weighted by atomic mass is 10.1. The molecule has 1 aromatic rings. The molecule has 2 aliphatic rings. The summed E-state index contributed by atoms with van der Waals surface area (Å²) in [6.45, 7) is 0. The Morgan fingerprint density at radius 1 is 1.28 bits per heavy atom. The number of benzene rings is 1. The molecular weight excluding hydrogens is 242 g/mol. The van der Waals surface area contributed by atoms with Crippen molar-refractivity contribution in [3.05, 3.63) is 33.9 Å². The topological polar surface area (TPSA) is 55.2 Å². The minimum absolute atomic E-state index is 0.0284. The molecule has 0 saturated heterocycles. The van der Waals surface area contributed by atoms with Crippen molar-refractivity contribution in [2.24, 2.45) is 11.8 Å². The molecule has 3 atom stereocenters. The largest absolute Gasteiger partial charge is 0.379 e. The molecule has 96 valence electrons. The predicted molar refractivity (Wildman–Crippen MR) is 61.3 cm³/mol. The van der Waals surface area contributed by atoms with Gasteiger partial charge in [-0.3, -0.25) is 10.1 Å². The summed E-state index contributed by atoms with van der Waals surface area (Å²) in [5, 5.41) is 13.6. The fraction of sp³-hybridized carbons (Fsp3) is 0.500. The number of nitrogens with zero attached hydrogens (tertiary/aromatic N) is 1. The highest BCUT2D eigenvalue weighted by Gasteiger charge is 2.48. The molecule has 0 heterocycles. The average molecular weight is 254 g/mol. The maximum atomic E-state index is 13.6. The summed E-state index contributed by atoms with van der Waals surface area (Å²) >= 11 is 0. The van der Waals surface area contributed by atoms with E-state index in [1.165, 1.54) is 0 Å². The van der Waals surface area contributed by atoms with E-state index in [0.29, 0.717) is 12.0 Å². The first-order valence-electron chi connectivity index (χ1n) is 5.96. The van der Waals surface area contributed by atoms with Crippen LogP contribution in [0.25, 0.3) is 0 Å². The normalized spacial score (nSPS) is 28.9. The van der Waals surface area contributed by atoms with Crippen LogP contribution in [0.4, 0.5) is 20.2 Å². The van der Waals surface area contributed by atoms with Gasteiger partial charge in [0.2, 0.25) is 5.82 Å². The fourth-order valence-electron chi connectivity index (χ4n) is 2.87. The van der Waals surface area contributed by atoms with Crippen molar-refractivity contribution in [1.82, 2.24) is 0 Å². The molecule has 1 unspecified atom stereocenters. The van der Waals surface area contributed by atoms with Crippen LogP contribution in [0.2, 0.25) is 0 Å². The first-order chi connectivity index (χ1) is 8.56. The molecule has 2 fully saturated rings. The summed E-state index contributed by atoms with van der Waals surface area (Å²) in [6, 6.07) is 1.68. The summed E-state index contributed by atoms with van der Waals surface area (Å²) in [6.07, 6.45) is 3.20. The standard InChI is InChI=1S/C12H12F2N2O2/c13-8-4-9(14)12(16(17)18)5-11(8)15-10-2-1-6-3-7(6)10/h4-7,10,15H,1-3H2/t6-,7+,10?/m0/s1. The third-order valence-corrected chi connectivity index (χ3v) is 3.92. The smallest absolute Gasteiger partial charge is 0.307 e. The average Bonchev–Trinajstić information content (AvgIpc) is 2.98. The number of nitro benzene ring substituents is 1. The van der Waals surface area contributed by atoms with E-state index in [1.54, 1.807) is 0 Å². The minimum atomic E-state index is -1.14. The summed E-state index contributed by atoms with van der Waals surface area (Å²) in [4.78, 5) is 9.77. The molecule has 4 nitrogen and oxygen atoms in total. The Bertz CT molecular complexity index is 521. The second kappa shape index (κ2) is 3.90. The number of nitrogens with one attached hydrogen (secondary N) is 1. The van der Waals surface area contributed by atoms with Crippen LogP contribution < -0.4 is 5.32 Å². The first-order valence-corrected chi connectivity index (χ1v) is 5.96. The third kappa shape index (κ3) is 1.81. The van der Waals surface area contributed by atoms with Crippen LogP contribution in [0.1, 0.15) is 19.3 Å². The zero-order chi connectivity index (χ0) is 12.9. The molecule has 0 amide bonds. The van der Waals surface area contributed by atoms with Crippen molar-refractivity contribution in [3.63, 3.8) is 0 Å². The Morgan fingerprint density at radius 2 is 2.06 bits per heavy atom. The van der Waals surface area contributed by atoms with Crippen molar-refractivity contribution in [2.75, 3.05) is 5.32 Å². The van der Waals surface area contributed by atoms with Crippen LogP contribution in [0.5, 0.6) is 0 Å². The van der Waals surface area contributed by atoms with Gasteiger partial charge in [-0.25, -0.2) is 4.39 Å². The van der Waals surface area contributed by atoms with Crippen LogP contribution in [0.3, 0.4) is 0 Å². The number of nitro groups is 1. The van der Waals surface area contributed by atoms with Crippen LogP contribution in [-0.2, 0) is 0 Å². The van der Waals surface area contributed by atoms with E-state index in [1.807, 2.05) is 0 Å². The lowest BCUT2D eigenvalue weighted by Crippen LogP contribution is -2.19. The van der Waals surface area contributed by atoms with Gasteiger partial charge in [-0.05, 0) is 31.1 Å². The molecule has 2 aliphatic carbocycles. The monoisotopic (exact) mass is 254 g/mol. The quantitative estimate of drug-likeness (QED) is 0.666. The molecule has 1 N–H and O–H groups in total. The lowest BCUT2D eigenvalue weighted by Gasteiger charge is -2.16. The molecule has 1 aromatic carbocycles. The Hall–Kier alpha value is -1.72. The number of anilines is 1. The highest BCUT2D eigenvalue weighted by atomic mass is 19.1. The van der Waals surface area contributed by atoms with Gasteiger partial charge in [-0.1, -0.05) is 0 Å². The van der Waals surface area contributed by atoms with Gasteiger partial charge in [0.05, 0.1) is 10.6 Å². The molecule has 0 radical (unpaired) electrons. The van der Waals surface area contributed by atoms with Gasteiger partial charge >= 0.3 is 5.69 Å². The summed E-state index contributed by atoms with van der Waals surface area (Å²) in [5.74, 6) is -0.643. The SMILES string of the molecule is O=[N+]([O-])c1cc(NC2CC[C@H]3C[C@@H]23)c(F)cc1F. The van der Waals surface area contributed by atoms with E-state index >= 15 is 0 Å². The molecule has 0 aromatic heterocycles. The van der Waals surface area contributed by atoms with E-state index in [0.717, 1.165) is 31.2 Å². The Kier molecular flexibility index (Phi) is 2.46. The van der Waals surface area contributed by atoms with Gasteiger partial charge in [0, 0.05) is 18.2 Å². The maximum Gasteiger partial charge on any atom is 0.307 e. The molecule has 0 aliphatic heterocycles. The molecule has 3 rings (SSSR count). The van der Waals surface area contributed by atoms with Crippen molar-refractivity contribution in [2.45, 2.75) is 25.3 Å². The second-order valence-corrected chi connectivity index (χ2v) is 5.03. The molecular formula is C12H12F2N2O2. The predicted octanol–water partition coefficient (Wildman–Crippen LogP) is 3.08. The van der Waals surface area contributed by atoms with Gasteiger partial charge in [0.15, 0.2) is 0 Å². The number of hydrogen-bond acceptors (Lipinski definition) is 3. The zero-order valence-electron chi connectivity index (χ0n) is 9.53. The first kappa shape index (κ1) is 11.4. The van der Waals surface area contributed by atoms with Crippen molar-refractivity contribution < 1.29 is 13.7 Å². The van der Waals surface area contributed by atoms with Gasteiger partial charge in [0.1, 0.15) is 5.82 Å². The van der Waals surface area contributed by atoms with E-state index in [4.69, 9.17) is 0 Å². The molecule has 2 saturated carbocycles. The number of fused-ring (bicyclic) bond motifs is 1. The number of halogens is 2. The van der Waals surface area contributed by atoms with Gasteiger partial charge in [-0.15, -0.1) is 0 Å². The van der Waals surface area contributed by atoms with Gasteiger partial charge in [-0.2, -0.15) is 4.39 Å². The fourth-order valence-corrected chi connectivity index (χ4v) is 2.87. The van der Waals surface area contributed by atoms with E-state index in [-0.39, 0.29) is 11.7 Å². The van der Waals surface area contributed by atoms with Gasteiger partial charge < -0.3 is 5.32 Å². The van der Waals surface area contributed by atoms with Crippen molar-refractivity contribution >= 4 is 11.4 Å². The molecule has 0 spiro atoms. The minimum Gasteiger partial charge on any atom is -0.379 e. The maximum absolute atomic E-state index is 13.6. The van der Waals surface area contributed by atoms with Crippen molar-refractivity contribution in [3.8, 4) is 0 Å². The summed E-state index contributed by atoms with van der Waals surface area (Å²) < 4.78 is 26.7. The van der Waals surface area contributed by atoms with Crippen LogP contribution in [0, 0.1) is 33.6 Å². The van der Waals surface area contributed by atoms with E-state index in [9.17, 15) is 18.9 Å². The number of rotatable bonds is 3. The molecule has 6 heteroatoms. The zero-order valence-corrected chi connectivity index (χ0v) is 9.53. The Labute approximate surface area is 102 Å². The number of hydrogen-bond donors (Lipinski definition) is 1.